The standard InChI is InChI=1S/C19H19F2N3O4/c1-12-9-16(22-28-12)17(25)24-19(7-3-2-4-8-19)27-18(26)23(24)11-13-5-6-14(20)15(21)10-13/h5-6,9-10H,2-4,7-8,11H2,1H3. The second-order valence-electron chi connectivity index (χ2n) is 7.12. The molecule has 1 saturated heterocycles. The quantitative estimate of drug-likeness (QED) is 0.792. The molecule has 1 aromatic carbocycles. The number of carbonyl (C=O) groups excluding carboxylic acids is 2. The number of hydrogen-bond donors (Lipinski definition) is 0. The van der Waals surface area contributed by atoms with Gasteiger partial charge in [-0.1, -0.05) is 17.6 Å². The van der Waals surface area contributed by atoms with Gasteiger partial charge in [0.05, 0.1) is 6.54 Å². The van der Waals surface area contributed by atoms with Crippen LogP contribution < -0.4 is 0 Å². The van der Waals surface area contributed by atoms with Gasteiger partial charge in [0, 0.05) is 18.9 Å². The minimum atomic E-state index is -1.10. The van der Waals surface area contributed by atoms with E-state index in [1.165, 1.54) is 17.1 Å². The van der Waals surface area contributed by atoms with E-state index in [1.807, 2.05) is 0 Å². The van der Waals surface area contributed by atoms with Crippen LogP contribution in [0.5, 0.6) is 0 Å². The van der Waals surface area contributed by atoms with Crippen molar-refractivity contribution in [3.05, 3.63) is 52.9 Å². The molecule has 0 bridgehead atoms. The molecule has 28 heavy (non-hydrogen) atoms. The number of aryl methyl sites for hydroxylation is 1. The largest absolute Gasteiger partial charge is 0.431 e. The van der Waals surface area contributed by atoms with E-state index in [0.717, 1.165) is 36.4 Å². The van der Waals surface area contributed by atoms with Crippen molar-refractivity contribution in [2.24, 2.45) is 0 Å². The van der Waals surface area contributed by atoms with Gasteiger partial charge in [0.2, 0.25) is 5.72 Å². The highest BCUT2D eigenvalue weighted by molar-refractivity contribution is 5.94. The number of rotatable bonds is 3. The molecule has 2 amide bonds. The van der Waals surface area contributed by atoms with E-state index < -0.39 is 29.4 Å². The molecule has 2 fully saturated rings. The van der Waals surface area contributed by atoms with E-state index >= 15 is 0 Å². The zero-order valence-corrected chi connectivity index (χ0v) is 15.3. The van der Waals surface area contributed by atoms with Crippen molar-refractivity contribution in [2.45, 2.75) is 51.3 Å². The number of halogens is 2. The second-order valence-corrected chi connectivity index (χ2v) is 7.12. The fourth-order valence-electron chi connectivity index (χ4n) is 3.79. The van der Waals surface area contributed by atoms with Crippen LogP contribution >= 0.6 is 0 Å². The number of benzene rings is 1. The number of aromatic nitrogens is 1. The first-order valence-electron chi connectivity index (χ1n) is 9.12. The summed E-state index contributed by atoms with van der Waals surface area (Å²) in [6.45, 7) is 1.52. The van der Waals surface area contributed by atoms with Crippen LogP contribution in [0.1, 0.15) is 53.9 Å². The molecule has 2 aliphatic rings. The predicted octanol–water partition coefficient (Wildman–Crippen LogP) is 3.93. The lowest BCUT2D eigenvalue weighted by atomic mass is 9.91. The van der Waals surface area contributed by atoms with Gasteiger partial charge in [-0.25, -0.2) is 18.6 Å². The Hall–Kier alpha value is -2.97. The highest BCUT2D eigenvalue weighted by Crippen LogP contribution is 2.42. The molecule has 0 unspecified atom stereocenters. The van der Waals surface area contributed by atoms with Crippen molar-refractivity contribution in [3.8, 4) is 0 Å². The fourth-order valence-corrected chi connectivity index (χ4v) is 3.79. The van der Waals surface area contributed by atoms with Gasteiger partial charge in [-0.2, -0.15) is 5.01 Å². The Balaban J connectivity index is 1.70. The smallest absolute Gasteiger partial charge is 0.419 e. The molecular weight excluding hydrogens is 372 g/mol. The van der Waals surface area contributed by atoms with Crippen molar-refractivity contribution < 1.29 is 27.6 Å². The molecule has 1 aromatic heterocycles. The van der Waals surface area contributed by atoms with E-state index in [2.05, 4.69) is 5.16 Å². The summed E-state index contributed by atoms with van der Waals surface area (Å²) in [5.74, 6) is -2.09. The molecule has 148 valence electrons. The highest BCUT2D eigenvalue weighted by atomic mass is 19.2. The van der Waals surface area contributed by atoms with Crippen LogP contribution in [0.3, 0.4) is 0 Å². The minimum absolute atomic E-state index is 0.0519. The Morgan fingerprint density at radius 3 is 2.57 bits per heavy atom. The van der Waals surface area contributed by atoms with E-state index in [4.69, 9.17) is 9.26 Å². The Morgan fingerprint density at radius 2 is 1.93 bits per heavy atom. The van der Waals surface area contributed by atoms with Gasteiger partial charge < -0.3 is 9.26 Å². The van der Waals surface area contributed by atoms with Crippen molar-refractivity contribution in [1.29, 1.82) is 0 Å². The Morgan fingerprint density at radius 1 is 1.18 bits per heavy atom. The van der Waals surface area contributed by atoms with Gasteiger partial charge in [-0.3, -0.25) is 4.79 Å². The van der Waals surface area contributed by atoms with Crippen molar-refractivity contribution >= 4 is 12.0 Å². The van der Waals surface area contributed by atoms with Gasteiger partial charge in [0.15, 0.2) is 17.3 Å². The average Bonchev–Trinajstić information content (AvgIpc) is 3.20. The van der Waals surface area contributed by atoms with Gasteiger partial charge in [-0.05, 0) is 37.5 Å². The molecule has 9 heteroatoms. The zero-order valence-electron chi connectivity index (χ0n) is 15.3. The fraction of sp³-hybridized carbons (Fsp3) is 0.421. The molecule has 1 aliphatic carbocycles. The van der Waals surface area contributed by atoms with Crippen LogP contribution in [0.25, 0.3) is 0 Å². The van der Waals surface area contributed by atoms with Gasteiger partial charge >= 0.3 is 6.09 Å². The summed E-state index contributed by atoms with van der Waals surface area (Å²) >= 11 is 0. The van der Waals surface area contributed by atoms with Crippen LogP contribution in [0.15, 0.2) is 28.8 Å². The van der Waals surface area contributed by atoms with Crippen LogP contribution in [0.2, 0.25) is 0 Å². The lowest BCUT2D eigenvalue weighted by Gasteiger charge is -2.39. The van der Waals surface area contributed by atoms with Crippen LogP contribution in [-0.4, -0.2) is 32.9 Å². The number of amides is 2. The monoisotopic (exact) mass is 391 g/mol. The molecule has 0 atom stereocenters. The summed E-state index contributed by atoms with van der Waals surface area (Å²) in [4.78, 5) is 25.8. The maximum Gasteiger partial charge on any atom is 0.431 e. The Kier molecular flexibility index (Phi) is 4.52. The average molecular weight is 391 g/mol. The normalized spacial score (nSPS) is 18.6. The molecule has 7 nitrogen and oxygen atoms in total. The SMILES string of the molecule is Cc1cc(C(=O)N2N(Cc3ccc(F)c(F)c3)C(=O)OC23CCCCC3)no1. The summed E-state index contributed by atoms with van der Waals surface area (Å²) < 4.78 is 37.5. The van der Waals surface area contributed by atoms with E-state index in [9.17, 15) is 18.4 Å². The maximum absolute atomic E-state index is 13.6. The number of nitrogens with zero attached hydrogens (tertiary/aromatic N) is 3. The first kappa shape index (κ1) is 18.4. The topological polar surface area (TPSA) is 75.9 Å². The number of carbonyl (C=O) groups is 2. The molecule has 1 saturated carbocycles. The lowest BCUT2D eigenvalue weighted by molar-refractivity contribution is -0.106. The third kappa shape index (κ3) is 3.10. The molecule has 0 radical (unpaired) electrons. The summed E-state index contributed by atoms with van der Waals surface area (Å²) in [6.07, 6.45) is 2.86. The summed E-state index contributed by atoms with van der Waals surface area (Å²) in [5, 5.41) is 6.16. The zero-order chi connectivity index (χ0) is 19.9. The molecule has 4 rings (SSSR count). The third-order valence-corrected chi connectivity index (χ3v) is 5.11. The second kappa shape index (κ2) is 6.88. The highest BCUT2D eigenvalue weighted by Gasteiger charge is 2.55. The van der Waals surface area contributed by atoms with Crippen LogP contribution in [0, 0.1) is 18.6 Å². The van der Waals surface area contributed by atoms with Crippen LogP contribution in [0.4, 0.5) is 13.6 Å². The Bertz CT molecular complexity index is 924. The van der Waals surface area contributed by atoms with Gasteiger partial charge in [-0.15, -0.1) is 0 Å². The van der Waals surface area contributed by atoms with Gasteiger partial charge in [0.25, 0.3) is 5.91 Å². The van der Waals surface area contributed by atoms with Crippen molar-refractivity contribution in [2.75, 3.05) is 0 Å². The first-order chi connectivity index (χ1) is 13.4. The molecule has 1 aliphatic heterocycles. The van der Waals surface area contributed by atoms with Gasteiger partial charge in [0.1, 0.15) is 5.76 Å². The Labute approximate surface area is 159 Å². The number of ether oxygens (including phenoxy) is 1. The molecule has 2 heterocycles. The number of hydrazine groups is 1. The minimum Gasteiger partial charge on any atom is -0.419 e. The van der Waals surface area contributed by atoms with Crippen molar-refractivity contribution in [3.63, 3.8) is 0 Å². The third-order valence-electron chi connectivity index (χ3n) is 5.11. The molecule has 1 spiro atoms. The summed E-state index contributed by atoms with van der Waals surface area (Å²) in [5.41, 5.74) is -0.716. The van der Waals surface area contributed by atoms with Crippen LogP contribution in [-0.2, 0) is 11.3 Å². The van der Waals surface area contributed by atoms with Crippen molar-refractivity contribution in [1.82, 2.24) is 15.2 Å². The van der Waals surface area contributed by atoms with E-state index in [1.54, 1.807) is 6.92 Å². The first-order valence-corrected chi connectivity index (χ1v) is 9.12. The van der Waals surface area contributed by atoms with E-state index in [0.29, 0.717) is 24.2 Å². The molecule has 2 aromatic rings. The molecule has 0 N–H and O–H groups in total. The summed E-state index contributed by atoms with van der Waals surface area (Å²) in [7, 11) is 0. The molecular formula is C19H19F2N3O4. The maximum atomic E-state index is 13.6. The predicted molar refractivity (Wildman–Crippen MR) is 91.6 cm³/mol. The summed E-state index contributed by atoms with van der Waals surface area (Å²) in [6, 6.07) is 4.82. The van der Waals surface area contributed by atoms with E-state index in [-0.39, 0.29) is 12.2 Å². The lowest BCUT2D eigenvalue weighted by Crippen LogP contribution is -2.54. The number of hydrogen-bond acceptors (Lipinski definition) is 5.